The van der Waals surface area contributed by atoms with E-state index in [0.29, 0.717) is 0 Å². The molecule has 1 aromatic rings. The Balaban J connectivity index is 2.75. The predicted molar refractivity (Wildman–Crippen MR) is 62.7 cm³/mol. The normalized spacial score (nSPS) is 12.6. The number of aryl methyl sites for hydroxylation is 1. The van der Waals surface area contributed by atoms with Crippen molar-refractivity contribution in [2.75, 3.05) is 7.11 Å². The van der Waals surface area contributed by atoms with Crippen LogP contribution in [-0.4, -0.2) is 13.2 Å². The molecule has 14 heavy (non-hydrogen) atoms. The lowest BCUT2D eigenvalue weighted by molar-refractivity contribution is 0.408. The minimum absolute atomic E-state index is 0.239. The number of rotatable bonds is 4. The second-order valence-electron chi connectivity index (χ2n) is 3.47. The Labute approximate surface area is 93.6 Å². The van der Waals surface area contributed by atoms with Crippen LogP contribution < -0.4 is 10.5 Å². The summed E-state index contributed by atoms with van der Waals surface area (Å²) in [5.41, 5.74) is 6.93. The summed E-state index contributed by atoms with van der Waals surface area (Å²) < 4.78 is 6.33. The van der Waals surface area contributed by atoms with Gasteiger partial charge in [-0.2, -0.15) is 0 Å². The number of nitrogens with two attached hydrogens (primary N) is 1. The summed E-state index contributed by atoms with van der Waals surface area (Å²) in [6, 6.07) is 6.32. The average molecular weight is 258 g/mol. The molecular formula is C11H16BrNO. The second kappa shape index (κ2) is 5.37. The first-order valence-electron chi connectivity index (χ1n) is 4.71. The maximum absolute atomic E-state index is 5.71. The monoisotopic (exact) mass is 257 g/mol. The molecule has 0 saturated carbocycles. The number of hydrogen-bond acceptors (Lipinski definition) is 2. The molecule has 78 valence electrons. The van der Waals surface area contributed by atoms with Crippen LogP contribution in [0, 0.1) is 0 Å². The number of hydrogen-bond donors (Lipinski definition) is 1. The van der Waals surface area contributed by atoms with Crippen LogP contribution in [0.3, 0.4) is 0 Å². The molecule has 0 aliphatic carbocycles. The van der Waals surface area contributed by atoms with Crippen LogP contribution in [0.1, 0.15) is 18.9 Å². The topological polar surface area (TPSA) is 35.2 Å². The van der Waals surface area contributed by atoms with E-state index in [-0.39, 0.29) is 6.04 Å². The van der Waals surface area contributed by atoms with Gasteiger partial charge in [0.05, 0.1) is 7.11 Å². The van der Waals surface area contributed by atoms with Crippen molar-refractivity contribution in [1.82, 2.24) is 0 Å². The first-order valence-corrected chi connectivity index (χ1v) is 5.50. The highest BCUT2D eigenvalue weighted by atomic mass is 79.9. The van der Waals surface area contributed by atoms with Gasteiger partial charge in [-0.05, 0) is 37.5 Å². The maximum Gasteiger partial charge on any atom is 0.123 e. The highest BCUT2D eigenvalue weighted by Crippen LogP contribution is 2.24. The molecule has 0 saturated heterocycles. The average Bonchev–Trinajstić information content (AvgIpc) is 2.15. The van der Waals surface area contributed by atoms with Gasteiger partial charge >= 0.3 is 0 Å². The van der Waals surface area contributed by atoms with Crippen LogP contribution >= 0.6 is 15.9 Å². The van der Waals surface area contributed by atoms with E-state index in [2.05, 4.69) is 22.0 Å². The van der Waals surface area contributed by atoms with Gasteiger partial charge in [-0.1, -0.05) is 22.0 Å². The molecule has 1 atom stereocenters. The van der Waals surface area contributed by atoms with Crippen LogP contribution in [0.15, 0.2) is 22.7 Å². The van der Waals surface area contributed by atoms with Crippen LogP contribution in [0.25, 0.3) is 0 Å². The highest BCUT2D eigenvalue weighted by molar-refractivity contribution is 9.10. The molecule has 0 bridgehead atoms. The highest BCUT2D eigenvalue weighted by Gasteiger charge is 2.04. The van der Waals surface area contributed by atoms with Crippen LogP contribution in [0.4, 0.5) is 0 Å². The summed E-state index contributed by atoms with van der Waals surface area (Å²) in [5.74, 6) is 0.931. The standard InChI is InChI=1S/C11H16BrNO/c1-8(13)3-4-9-5-6-10(12)7-11(9)14-2/h5-8H,3-4,13H2,1-2H3/t8-/m1/s1. The van der Waals surface area contributed by atoms with Gasteiger partial charge < -0.3 is 10.5 Å². The molecule has 0 radical (unpaired) electrons. The minimum atomic E-state index is 0.239. The van der Waals surface area contributed by atoms with Crippen molar-refractivity contribution in [3.63, 3.8) is 0 Å². The lowest BCUT2D eigenvalue weighted by Crippen LogP contribution is -2.15. The Kier molecular flexibility index (Phi) is 4.42. The predicted octanol–water partition coefficient (Wildman–Crippen LogP) is 2.74. The fourth-order valence-electron chi connectivity index (χ4n) is 1.31. The molecular weight excluding hydrogens is 242 g/mol. The van der Waals surface area contributed by atoms with E-state index in [1.807, 2.05) is 19.1 Å². The zero-order valence-electron chi connectivity index (χ0n) is 8.59. The zero-order valence-corrected chi connectivity index (χ0v) is 10.2. The summed E-state index contributed by atoms with van der Waals surface area (Å²) in [7, 11) is 1.69. The van der Waals surface area contributed by atoms with Gasteiger partial charge in [0, 0.05) is 10.5 Å². The van der Waals surface area contributed by atoms with Crippen LogP contribution in [-0.2, 0) is 6.42 Å². The molecule has 3 heteroatoms. The molecule has 0 fully saturated rings. The third kappa shape index (κ3) is 3.31. The number of halogens is 1. The van der Waals surface area contributed by atoms with Gasteiger partial charge in [0.25, 0.3) is 0 Å². The van der Waals surface area contributed by atoms with Crippen molar-refractivity contribution in [3.05, 3.63) is 28.2 Å². The first kappa shape index (κ1) is 11.5. The summed E-state index contributed by atoms with van der Waals surface area (Å²) in [5, 5.41) is 0. The second-order valence-corrected chi connectivity index (χ2v) is 4.39. The minimum Gasteiger partial charge on any atom is -0.496 e. The molecule has 0 amide bonds. The smallest absolute Gasteiger partial charge is 0.123 e. The van der Waals surface area contributed by atoms with Crippen LogP contribution in [0.5, 0.6) is 5.75 Å². The van der Waals surface area contributed by atoms with Crippen molar-refractivity contribution in [2.45, 2.75) is 25.8 Å². The quantitative estimate of drug-likeness (QED) is 0.901. The lowest BCUT2D eigenvalue weighted by atomic mass is 10.1. The van der Waals surface area contributed by atoms with E-state index in [0.717, 1.165) is 23.1 Å². The Bertz CT molecular complexity index is 299. The molecule has 0 spiro atoms. The first-order chi connectivity index (χ1) is 6.63. The van der Waals surface area contributed by atoms with E-state index in [1.54, 1.807) is 7.11 Å². The van der Waals surface area contributed by atoms with Crippen LogP contribution in [0.2, 0.25) is 0 Å². The molecule has 0 aromatic heterocycles. The lowest BCUT2D eigenvalue weighted by Gasteiger charge is -2.10. The van der Waals surface area contributed by atoms with E-state index in [4.69, 9.17) is 10.5 Å². The van der Waals surface area contributed by atoms with Crippen molar-refractivity contribution in [2.24, 2.45) is 5.73 Å². The molecule has 0 heterocycles. The van der Waals surface area contributed by atoms with Gasteiger partial charge in [0.15, 0.2) is 0 Å². The van der Waals surface area contributed by atoms with E-state index >= 15 is 0 Å². The maximum atomic E-state index is 5.71. The molecule has 0 aliphatic rings. The number of benzene rings is 1. The zero-order chi connectivity index (χ0) is 10.6. The van der Waals surface area contributed by atoms with Gasteiger partial charge in [-0.25, -0.2) is 0 Å². The Hall–Kier alpha value is -0.540. The van der Waals surface area contributed by atoms with Gasteiger partial charge in [-0.3, -0.25) is 0 Å². The third-order valence-electron chi connectivity index (χ3n) is 2.12. The molecule has 1 rings (SSSR count). The van der Waals surface area contributed by atoms with Gasteiger partial charge in [0.1, 0.15) is 5.75 Å². The Morgan fingerprint density at radius 2 is 2.21 bits per heavy atom. The van der Waals surface area contributed by atoms with E-state index < -0.39 is 0 Å². The number of methoxy groups -OCH3 is 1. The van der Waals surface area contributed by atoms with Gasteiger partial charge in [-0.15, -0.1) is 0 Å². The largest absolute Gasteiger partial charge is 0.496 e. The molecule has 2 N–H and O–H groups in total. The Morgan fingerprint density at radius 3 is 2.79 bits per heavy atom. The summed E-state index contributed by atoms with van der Waals surface area (Å²) in [4.78, 5) is 0. The van der Waals surface area contributed by atoms with Crippen molar-refractivity contribution in [1.29, 1.82) is 0 Å². The molecule has 0 unspecified atom stereocenters. The third-order valence-corrected chi connectivity index (χ3v) is 2.61. The van der Waals surface area contributed by atoms with Crippen molar-refractivity contribution in [3.8, 4) is 5.75 Å². The van der Waals surface area contributed by atoms with E-state index in [1.165, 1.54) is 5.56 Å². The fourth-order valence-corrected chi connectivity index (χ4v) is 1.65. The SMILES string of the molecule is COc1cc(Br)ccc1CC[C@@H](C)N. The summed E-state index contributed by atoms with van der Waals surface area (Å²) >= 11 is 3.41. The van der Waals surface area contributed by atoms with Gasteiger partial charge in [0.2, 0.25) is 0 Å². The molecule has 1 aromatic carbocycles. The summed E-state index contributed by atoms with van der Waals surface area (Å²) in [6.07, 6.45) is 1.95. The summed E-state index contributed by atoms with van der Waals surface area (Å²) in [6.45, 7) is 2.02. The molecule has 0 aliphatic heterocycles. The van der Waals surface area contributed by atoms with E-state index in [9.17, 15) is 0 Å². The van der Waals surface area contributed by atoms with Crippen molar-refractivity contribution >= 4 is 15.9 Å². The fraction of sp³-hybridized carbons (Fsp3) is 0.455. The molecule has 2 nitrogen and oxygen atoms in total. The van der Waals surface area contributed by atoms with Crippen molar-refractivity contribution < 1.29 is 4.74 Å². The number of ether oxygens (including phenoxy) is 1. The Morgan fingerprint density at radius 1 is 1.50 bits per heavy atom.